The molecule has 2 aromatic heterocycles. The monoisotopic (exact) mass is 319 g/mol. The predicted molar refractivity (Wildman–Crippen MR) is 84.8 cm³/mol. The second kappa shape index (κ2) is 6.85. The van der Waals surface area contributed by atoms with Crippen LogP contribution in [0, 0.1) is 13.8 Å². The van der Waals surface area contributed by atoms with Crippen LogP contribution in [0.2, 0.25) is 5.02 Å². The van der Waals surface area contributed by atoms with Gasteiger partial charge in [0, 0.05) is 23.7 Å². The molecule has 2 aromatic rings. The van der Waals surface area contributed by atoms with E-state index >= 15 is 0 Å². The van der Waals surface area contributed by atoms with Crippen LogP contribution in [0.1, 0.15) is 45.9 Å². The average Bonchev–Trinajstić information content (AvgIpc) is 2.47. The normalized spacial score (nSPS) is 12.0. The summed E-state index contributed by atoms with van der Waals surface area (Å²) in [5.74, 6) is -0.244. The SMILES string of the molecule is Cc1nc(CNC(=O)c2cncc(Cl)c2C)ccc1C(C)O. The minimum atomic E-state index is -0.559. The van der Waals surface area contributed by atoms with Crippen molar-refractivity contribution in [1.29, 1.82) is 0 Å². The molecule has 22 heavy (non-hydrogen) atoms. The Labute approximate surface area is 134 Å². The molecule has 5 nitrogen and oxygen atoms in total. The number of nitrogens with one attached hydrogen (secondary N) is 1. The van der Waals surface area contributed by atoms with Crippen molar-refractivity contribution in [3.05, 3.63) is 57.6 Å². The first kappa shape index (κ1) is 16.4. The highest BCUT2D eigenvalue weighted by molar-refractivity contribution is 6.31. The number of rotatable bonds is 4. The van der Waals surface area contributed by atoms with Gasteiger partial charge < -0.3 is 10.4 Å². The zero-order valence-electron chi connectivity index (χ0n) is 12.7. The molecule has 1 unspecified atom stereocenters. The van der Waals surface area contributed by atoms with Crippen LogP contribution in [-0.4, -0.2) is 21.0 Å². The molecule has 2 heterocycles. The van der Waals surface area contributed by atoms with Crippen molar-refractivity contribution in [1.82, 2.24) is 15.3 Å². The molecule has 0 bridgehead atoms. The fourth-order valence-electron chi connectivity index (χ4n) is 2.16. The number of halogens is 1. The van der Waals surface area contributed by atoms with E-state index in [4.69, 9.17) is 11.6 Å². The molecule has 0 aliphatic heterocycles. The maximum atomic E-state index is 12.2. The summed E-state index contributed by atoms with van der Waals surface area (Å²) in [6, 6.07) is 3.61. The van der Waals surface area contributed by atoms with E-state index in [-0.39, 0.29) is 5.91 Å². The molecule has 1 atom stereocenters. The van der Waals surface area contributed by atoms with Crippen molar-refractivity contribution in [2.45, 2.75) is 33.4 Å². The fourth-order valence-corrected chi connectivity index (χ4v) is 2.32. The smallest absolute Gasteiger partial charge is 0.253 e. The summed E-state index contributed by atoms with van der Waals surface area (Å²) in [4.78, 5) is 20.5. The molecular weight excluding hydrogens is 302 g/mol. The van der Waals surface area contributed by atoms with Crippen LogP contribution >= 0.6 is 11.6 Å². The maximum Gasteiger partial charge on any atom is 0.253 e. The van der Waals surface area contributed by atoms with Gasteiger partial charge in [0.05, 0.1) is 28.9 Å². The number of pyridine rings is 2. The van der Waals surface area contributed by atoms with Crippen molar-refractivity contribution >= 4 is 17.5 Å². The first-order valence-electron chi connectivity index (χ1n) is 6.93. The summed E-state index contributed by atoms with van der Waals surface area (Å²) in [5.41, 5.74) is 3.41. The van der Waals surface area contributed by atoms with E-state index in [1.54, 1.807) is 19.9 Å². The summed E-state index contributed by atoms with van der Waals surface area (Å²) in [6.45, 7) is 5.60. The Kier molecular flexibility index (Phi) is 5.11. The minimum Gasteiger partial charge on any atom is -0.389 e. The molecular formula is C16H18ClN3O2. The molecule has 0 aromatic carbocycles. The van der Waals surface area contributed by atoms with Crippen LogP contribution in [0.5, 0.6) is 0 Å². The molecule has 0 spiro atoms. The molecule has 116 valence electrons. The fraction of sp³-hybridized carbons (Fsp3) is 0.312. The van der Waals surface area contributed by atoms with Gasteiger partial charge in [-0.25, -0.2) is 0 Å². The summed E-state index contributed by atoms with van der Waals surface area (Å²) in [6.07, 6.45) is 2.44. The third kappa shape index (κ3) is 3.61. The summed E-state index contributed by atoms with van der Waals surface area (Å²) in [7, 11) is 0. The Morgan fingerprint density at radius 2 is 2.09 bits per heavy atom. The quantitative estimate of drug-likeness (QED) is 0.908. The zero-order chi connectivity index (χ0) is 16.3. The van der Waals surface area contributed by atoms with Crippen LogP contribution in [0.4, 0.5) is 0 Å². The van der Waals surface area contributed by atoms with Crippen LogP contribution in [-0.2, 0) is 6.54 Å². The number of hydrogen-bond acceptors (Lipinski definition) is 4. The zero-order valence-corrected chi connectivity index (χ0v) is 13.5. The van der Waals surface area contributed by atoms with Gasteiger partial charge in [-0.15, -0.1) is 0 Å². The van der Waals surface area contributed by atoms with Gasteiger partial charge in [0.1, 0.15) is 0 Å². The van der Waals surface area contributed by atoms with Crippen molar-refractivity contribution < 1.29 is 9.90 Å². The van der Waals surface area contributed by atoms with Crippen molar-refractivity contribution in [3.8, 4) is 0 Å². The van der Waals surface area contributed by atoms with E-state index in [0.29, 0.717) is 22.7 Å². The highest BCUT2D eigenvalue weighted by atomic mass is 35.5. The first-order valence-corrected chi connectivity index (χ1v) is 7.30. The molecule has 0 radical (unpaired) electrons. The lowest BCUT2D eigenvalue weighted by molar-refractivity contribution is 0.0949. The molecule has 1 amide bonds. The van der Waals surface area contributed by atoms with Gasteiger partial charge in [0.2, 0.25) is 0 Å². The van der Waals surface area contributed by atoms with E-state index in [9.17, 15) is 9.90 Å². The Morgan fingerprint density at radius 1 is 1.36 bits per heavy atom. The highest BCUT2D eigenvalue weighted by Crippen LogP contribution is 2.18. The summed E-state index contributed by atoms with van der Waals surface area (Å²) < 4.78 is 0. The Bertz CT molecular complexity index is 702. The highest BCUT2D eigenvalue weighted by Gasteiger charge is 2.12. The van der Waals surface area contributed by atoms with Gasteiger partial charge in [-0.3, -0.25) is 14.8 Å². The van der Waals surface area contributed by atoms with E-state index in [2.05, 4.69) is 15.3 Å². The Hall–Kier alpha value is -1.98. The van der Waals surface area contributed by atoms with Gasteiger partial charge in [-0.05, 0) is 32.4 Å². The lowest BCUT2D eigenvalue weighted by Gasteiger charge is -2.11. The first-order chi connectivity index (χ1) is 10.4. The minimum absolute atomic E-state index is 0.244. The number of carbonyl (C=O) groups excluding carboxylic acids is 1. The molecule has 0 saturated heterocycles. The summed E-state index contributed by atoms with van der Waals surface area (Å²) >= 11 is 5.96. The molecule has 0 saturated carbocycles. The van der Waals surface area contributed by atoms with Crippen LogP contribution in [0.15, 0.2) is 24.5 Å². The number of aromatic nitrogens is 2. The second-order valence-electron chi connectivity index (χ2n) is 5.13. The number of nitrogens with zero attached hydrogens (tertiary/aromatic N) is 2. The van der Waals surface area contributed by atoms with Crippen LogP contribution in [0.3, 0.4) is 0 Å². The van der Waals surface area contributed by atoms with Crippen LogP contribution in [0.25, 0.3) is 0 Å². The standard InChI is InChI=1S/C16H18ClN3O2/c1-9-14(7-18-8-15(9)17)16(22)19-6-12-4-5-13(11(3)21)10(2)20-12/h4-5,7-8,11,21H,6H2,1-3H3,(H,19,22). The molecule has 2 rings (SSSR count). The topological polar surface area (TPSA) is 75.1 Å². The average molecular weight is 320 g/mol. The number of aliphatic hydroxyl groups is 1. The largest absolute Gasteiger partial charge is 0.389 e. The van der Waals surface area contributed by atoms with E-state index in [0.717, 1.165) is 17.0 Å². The third-order valence-corrected chi connectivity index (χ3v) is 3.84. The Morgan fingerprint density at radius 3 is 2.73 bits per heavy atom. The van der Waals surface area contributed by atoms with Crippen LogP contribution < -0.4 is 5.32 Å². The lowest BCUT2D eigenvalue weighted by Crippen LogP contribution is -2.24. The lowest BCUT2D eigenvalue weighted by atomic mass is 10.1. The number of aliphatic hydroxyl groups excluding tert-OH is 1. The number of carbonyl (C=O) groups is 1. The predicted octanol–water partition coefficient (Wildman–Crippen LogP) is 2.73. The Balaban J connectivity index is 2.08. The van der Waals surface area contributed by atoms with Crippen molar-refractivity contribution in [3.63, 3.8) is 0 Å². The maximum absolute atomic E-state index is 12.2. The van der Waals surface area contributed by atoms with Crippen molar-refractivity contribution in [2.75, 3.05) is 0 Å². The van der Waals surface area contributed by atoms with Gasteiger partial charge >= 0.3 is 0 Å². The number of hydrogen-bond donors (Lipinski definition) is 2. The summed E-state index contributed by atoms with van der Waals surface area (Å²) in [5, 5.41) is 12.8. The van der Waals surface area contributed by atoms with Gasteiger partial charge in [-0.2, -0.15) is 0 Å². The van der Waals surface area contributed by atoms with Gasteiger partial charge in [-0.1, -0.05) is 17.7 Å². The number of aryl methyl sites for hydroxylation is 1. The van der Waals surface area contributed by atoms with E-state index in [1.807, 2.05) is 13.0 Å². The third-order valence-electron chi connectivity index (χ3n) is 3.46. The van der Waals surface area contributed by atoms with Gasteiger partial charge in [0.15, 0.2) is 0 Å². The molecule has 0 aliphatic rings. The molecule has 0 fully saturated rings. The second-order valence-corrected chi connectivity index (χ2v) is 5.54. The van der Waals surface area contributed by atoms with E-state index < -0.39 is 6.10 Å². The van der Waals surface area contributed by atoms with Gasteiger partial charge in [0.25, 0.3) is 5.91 Å². The molecule has 6 heteroatoms. The molecule has 0 aliphatic carbocycles. The van der Waals surface area contributed by atoms with Crippen molar-refractivity contribution in [2.24, 2.45) is 0 Å². The molecule has 2 N–H and O–H groups in total. The number of amides is 1. The van der Waals surface area contributed by atoms with E-state index in [1.165, 1.54) is 12.4 Å².